The molecule has 52 heavy (non-hydrogen) atoms. The SMILES string of the molecule is C(=NC(c1ccccc1)c1ccccc1)c1ccc(C=NC(c2ccccc2)c2ccccc2)[n-]1.C1CCOC1.C1CCOC1.C1CCOC1.[Ba+2].[I-]. The maximum Gasteiger partial charge on any atom is 2.00 e. The first-order valence-corrected chi connectivity index (χ1v) is 18.0. The van der Waals surface area contributed by atoms with Crippen molar-refractivity contribution in [1.82, 2.24) is 4.98 Å². The molecule has 3 fully saturated rings. The Kier molecular flexibility index (Phi) is 23.1. The van der Waals surface area contributed by atoms with Crippen LogP contribution in [-0.4, -0.2) is 101 Å². The number of rotatable bonds is 8. The van der Waals surface area contributed by atoms with E-state index in [1.807, 2.05) is 97.4 Å². The van der Waals surface area contributed by atoms with Gasteiger partial charge in [-0.05, 0) is 60.8 Å². The molecular weight excluding hydrogens is 883 g/mol. The summed E-state index contributed by atoms with van der Waals surface area (Å²) in [5.74, 6) is 0. The standard InChI is InChI=1S/C32H26N3.3C4H8O.Ba.HI/c1-5-13-25(14-6-1)31(26-15-7-2-8-16-26)33-23-29-21-22-30(35-29)24-34-32(27-17-9-3-10-18-27)28-19-11-4-12-20-28;3*1-2-4-5-3-1;;/h1-24,31-32H;3*1-4H2;;1H/q-1;;;;+2;/p-1. The molecule has 8 rings (SSSR count). The molecule has 0 amide bonds. The van der Waals surface area contributed by atoms with Gasteiger partial charge in [0.05, 0.1) is 12.1 Å². The van der Waals surface area contributed by atoms with E-state index >= 15 is 0 Å². The van der Waals surface area contributed by atoms with Gasteiger partial charge in [-0.25, -0.2) is 0 Å². The number of aromatic nitrogens is 1. The maximum atomic E-state index is 4.94. The number of aliphatic imine (C=N–C) groups is 2. The molecule has 3 aliphatic heterocycles. The van der Waals surface area contributed by atoms with Crippen LogP contribution in [0.25, 0.3) is 0 Å². The molecule has 0 atom stereocenters. The number of halogens is 1. The van der Waals surface area contributed by atoms with Crippen LogP contribution < -0.4 is 29.0 Å². The van der Waals surface area contributed by atoms with E-state index in [9.17, 15) is 0 Å². The molecule has 8 heteroatoms. The monoisotopic (exact) mass is 933 g/mol. The van der Waals surface area contributed by atoms with Gasteiger partial charge < -0.3 is 43.2 Å². The van der Waals surface area contributed by atoms with Crippen LogP contribution in [0.2, 0.25) is 0 Å². The molecule has 268 valence electrons. The molecule has 4 aromatic carbocycles. The summed E-state index contributed by atoms with van der Waals surface area (Å²) in [6.45, 7) is 6.00. The van der Waals surface area contributed by atoms with Crippen LogP contribution in [0.5, 0.6) is 0 Å². The topological polar surface area (TPSA) is 66.5 Å². The third-order valence-electron chi connectivity index (χ3n) is 8.34. The van der Waals surface area contributed by atoms with Gasteiger partial charge in [-0.15, -0.1) is 11.4 Å². The van der Waals surface area contributed by atoms with E-state index in [1.165, 1.54) is 38.5 Å². The summed E-state index contributed by atoms with van der Waals surface area (Å²) in [7, 11) is 0. The summed E-state index contributed by atoms with van der Waals surface area (Å²) in [6, 6.07) is 45.2. The Morgan fingerprint density at radius 1 is 0.404 bits per heavy atom. The van der Waals surface area contributed by atoms with E-state index in [4.69, 9.17) is 29.2 Å². The van der Waals surface area contributed by atoms with E-state index in [1.54, 1.807) is 0 Å². The van der Waals surface area contributed by atoms with E-state index in [-0.39, 0.29) is 84.9 Å². The second kappa shape index (κ2) is 27.3. The first-order valence-electron chi connectivity index (χ1n) is 18.0. The Bertz CT molecular complexity index is 1410. The van der Waals surface area contributed by atoms with Crippen molar-refractivity contribution < 1.29 is 38.2 Å². The number of nitrogens with zero attached hydrogens (tertiary/aromatic N) is 3. The zero-order chi connectivity index (χ0) is 34.3. The molecule has 0 aliphatic carbocycles. The Hall–Kier alpha value is -2.32. The van der Waals surface area contributed by atoms with E-state index in [0.717, 1.165) is 73.3 Å². The number of benzene rings is 4. The molecule has 0 bridgehead atoms. The van der Waals surface area contributed by atoms with Gasteiger partial charge in [0, 0.05) is 52.1 Å². The molecule has 5 aromatic rings. The second-order valence-corrected chi connectivity index (χ2v) is 12.3. The number of hydrogen-bond acceptors (Lipinski definition) is 5. The average molecular weight is 933 g/mol. The Labute approximate surface area is 368 Å². The first-order chi connectivity index (χ1) is 24.9. The third kappa shape index (κ3) is 16.4. The minimum atomic E-state index is -0.0771. The van der Waals surface area contributed by atoms with Crippen molar-refractivity contribution in [3.05, 3.63) is 167 Å². The van der Waals surface area contributed by atoms with Gasteiger partial charge in [-0.1, -0.05) is 133 Å². The largest absolute Gasteiger partial charge is 2.00 e. The summed E-state index contributed by atoms with van der Waals surface area (Å²) < 4.78 is 14.8. The van der Waals surface area contributed by atoms with Crippen molar-refractivity contribution in [1.29, 1.82) is 0 Å². The van der Waals surface area contributed by atoms with Crippen LogP contribution in [-0.2, 0) is 14.2 Å². The molecular formula is C44H50BaIN3O3. The van der Waals surface area contributed by atoms with E-state index in [0.29, 0.717) is 0 Å². The van der Waals surface area contributed by atoms with Crippen molar-refractivity contribution in [3.63, 3.8) is 0 Å². The van der Waals surface area contributed by atoms with Crippen LogP contribution in [0.3, 0.4) is 0 Å². The van der Waals surface area contributed by atoms with Crippen molar-refractivity contribution in [3.8, 4) is 0 Å². The van der Waals surface area contributed by atoms with Crippen molar-refractivity contribution in [2.24, 2.45) is 9.98 Å². The maximum absolute atomic E-state index is 4.94. The van der Waals surface area contributed by atoms with Crippen LogP contribution in [0.4, 0.5) is 0 Å². The zero-order valence-electron chi connectivity index (χ0n) is 30.1. The van der Waals surface area contributed by atoms with Gasteiger partial charge in [-0.3, -0.25) is 9.98 Å². The molecule has 0 unspecified atom stereocenters. The fourth-order valence-corrected chi connectivity index (χ4v) is 5.64. The van der Waals surface area contributed by atoms with Gasteiger partial charge >= 0.3 is 48.9 Å². The van der Waals surface area contributed by atoms with Gasteiger partial charge in [0.1, 0.15) is 0 Å². The smallest absolute Gasteiger partial charge is 1.00 e. The molecule has 3 saturated heterocycles. The predicted molar refractivity (Wildman–Crippen MR) is 210 cm³/mol. The molecule has 1 aromatic heterocycles. The fourth-order valence-electron chi connectivity index (χ4n) is 5.64. The molecule has 0 N–H and O–H groups in total. The van der Waals surface area contributed by atoms with Crippen molar-refractivity contribution in [2.75, 3.05) is 39.6 Å². The fraction of sp³-hybridized carbons (Fsp3) is 0.318. The number of hydrogen-bond donors (Lipinski definition) is 0. The normalized spacial score (nSPS) is 14.8. The van der Waals surface area contributed by atoms with Gasteiger partial charge in [-0.2, -0.15) is 0 Å². The van der Waals surface area contributed by atoms with Gasteiger partial charge in [0.25, 0.3) is 0 Å². The first kappa shape index (κ1) is 44.1. The van der Waals surface area contributed by atoms with Crippen LogP contribution in [0, 0.1) is 0 Å². The van der Waals surface area contributed by atoms with Crippen molar-refractivity contribution in [2.45, 2.75) is 50.6 Å². The molecule has 0 radical (unpaired) electrons. The Morgan fingerprint density at radius 3 is 0.865 bits per heavy atom. The van der Waals surface area contributed by atoms with Crippen LogP contribution in [0.15, 0.2) is 143 Å². The zero-order valence-corrected chi connectivity index (χ0v) is 36.7. The Balaban J connectivity index is 0.000000353. The van der Waals surface area contributed by atoms with Gasteiger partial charge in [0.15, 0.2) is 0 Å². The summed E-state index contributed by atoms with van der Waals surface area (Å²) >= 11 is 0. The molecule has 4 heterocycles. The molecule has 3 aliphatic rings. The quantitative estimate of drug-likeness (QED) is 0.108. The van der Waals surface area contributed by atoms with Gasteiger partial charge in [0.2, 0.25) is 0 Å². The second-order valence-electron chi connectivity index (χ2n) is 12.3. The summed E-state index contributed by atoms with van der Waals surface area (Å²) in [5, 5.41) is 0. The minimum Gasteiger partial charge on any atom is -1.00 e. The minimum absolute atomic E-state index is 0. The summed E-state index contributed by atoms with van der Waals surface area (Å²) in [5.41, 5.74) is 6.24. The number of ether oxygens (including phenoxy) is 3. The van der Waals surface area contributed by atoms with E-state index in [2.05, 4.69) is 48.5 Å². The summed E-state index contributed by atoms with van der Waals surface area (Å²) in [4.78, 5) is 14.5. The van der Waals surface area contributed by atoms with Crippen LogP contribution in [0.1, 0.15) is 84.3 Å². The summed E-state index contributed by atoms with van der Waals surface area (Å²) in [6.07, 6.45) is 11.4. The average Bonchev–Trinajstić information content (AvgIpc) is 4.04. The van der Waals surface area contributed by atoms with Crippen LogP contribution >= 0.6 is 0 Å². The Morgan fingerprint density at radius 2 is 0.654 bits per heavy atom. The molecule has 6 nitrogen and oxygen atoms in total. The third-order valence-corrected chi connectivity index (χ3v) is 8.34. The molecule has 0 spiro atoms. The van der Waals surface area contributed by atoms with E-state index < -0.39 is 0 Å². The molecule has 0 saturated carbocycles. The van der Waals surface area contributed by atoms with Crippen molar-refractivity contribution >= 4 is 61.3 Å². The predicted octanol–water partition coefficient (Wildman–Crippen LogP) is 6.07.